The number of nitrogens with zero attached hydrogens (tertiary/aromatic N) is 1. The maximum atomic E-state index is 12.5. The van der Waals surface area contributed by atoms with E-state index < -0.39 is 0 Å². The average molecular weight is 305 g/mol. The highest BCUT2D eigenvalue weighted by Crippen LogP contribution is 2.45. The van der Waals surface area contributed by atoms with E-state index in [0.29, 0.717) is 18.0 Å². The Morgan fingerprint density at radius 1 is 1.14 bits per heavy atom. The molecular formula is C17H21ClN2O. The maximum Gasteiger partial charge on any atom is 0.183 e. The molecule has 2 fully saturated rings. The molecule has 0 radical (unpaired) electrons. The molecule has 1 N–H and O–H groups in total. The van der Waals surface area contributed by atoms with Crippen LogP contribution in [0.3, 0.4) is 0 Å². The summed E-state index contributed by atoms with van der Waals surface area (Å²) in [5, 5.41) is 8.17. The minimum Gasteiger partial charge on any atom is -0.292 e. The van der Waals surface area contributed by atoms with Crippen LogP contribution in [-0.4, -0.2) is 16.0 Å². The number of hydrogen-bond acceptors (Lipinski definition) is 2. The van der Waals surface area contributed by atoms with Gasteiger partial charge in [0.05, 0.1) is 5.52 Å². The molecule has 1 heterocycles. The fourth-order valence-electron chi connectivity index (χ4n) is 4.35. The number of rotatable bonds is 3. The van der Waals surface area contributed by atoms with Crippen molar-refractivity contribution in [1.82, 2.24) is 10.2 Å². The number of benzene rings is 1. The van der Waals surface area contributed by atoms with Gasteiger partial charge in [0.25, 0.3) is 0 Å². The van der Waals surface area contributed by atoms with Gasteiger partial charge in [-0.1, -0.05) is 31.0 Å². The van der Waals surface area contributed by atoms with Crippen LogP contribution in [0.1, 0.15) is 49.0 Å². The lowest BCUT2D eigenvalue weighted by atomic mass is 9.78. The van der Waals surface area contributed by atoms with E-state index in [1.807, 2.05) is 24.3 Å². The molecule has 4 rings (SSSR count). The van der Waals surface area contributed by atoms with Crippen LogP contribution >= 0.6 is 12.4 Å². The van der Waals surface area contributed by atoms with Gasteiger partial charge in [0.2, 0.25) is 0 Å². The summed E-state index contributed by atoms with van der Waals surface area (Å²) in [5.74, 6) is 2.59. The zero-order chi connectivity index (χ0) is 13.5. The summed E-state index contributed by atoms with van der Waals surface area (Å²) in [6.45, 7) is 0. The van der Waals surface area contributed by atoms with Gasteiger partial charge >= 0.3 is 0 Å². The largest absolute Gasteiger partial charge is 0.292 e. The van der Waals surface area contributed by atoms with Crippen LogP contribution in [-0.2, 0) is 0 Å². The lowest BCUT2D eigenvalue weighted by molar-refractivity contribution is 0.0934. The minimum absolute atomic E-state index is 0. The third-order valence-corrected chi connectivity index (χ3v) is 5.19. The Labute approximate surface area is 130 Å². The van der Waals surface area contributed by atoms with Crippen molar-refractivity contribution in [3.05, 3.63) is 30.0 Å². The summed E-state index contributed by atoms with van der Waals surface area (Å²) in [6.07, 6.45) is 7.38. The second-order valence-electron chi connectivity index (χ2n) is 6.63. The molecule has 0 amide bonds. The molecule has 2 atom stereocenters. The van der Waals surface area contributed by atoms with Crippen molar-refractivity contribution in [2.45, 2.75) is 38.5 Å². The van der Waals surface area contributed by atoms with Gasteiger partial charge in [-0.15, -0.1) is 12.4 Å². The number of aromatic amines is 1. The third kappa shape index (κ3) is 2.71. The molecule has 0 aliphatic heterocycles. The van der Waals surface area contributed by atoms with Crippen LogP contribution in [0.25, 0.3) is 10.9 Å². The van der Waals surface area contributed by atoms with E-state index in [9.17, 15) is 4.79 Å². The number of halogens is 1. The van der Waals surface area contributed by atoms with Crippen molar-refractivity contribution in [2.24, 2.45) is 17.8 Å². The standard InChI is InChI=1S/C17H20N2O.ClH/c20-16(10-13-8-11-5-6-12(7-11)9-13)17-14-3-1-2-4-15(14)18-19-17;/h1-4,11-13H,5-10H2,(H,18,19);1H. The number of aromatic nitrogens is 2. The molecule has 21 heavy (non-hydrogen) atoms. The van der Waals surface area contributed by atoms with E-state index in [1.54, 1.807) is 0 Å². The first-order valence-corrected chi connectivity index (χ1v) is 7.76. The highest BCUT2D eigenvalue weighted by atomic mass is 35.5. The zero-order valence-electron chi connectivity index (χ0n) is 12.0. The second-order valence-corrected chi connectivity index (χ2v) is 6.63. The third-order valence-electron chi connectivity index (χ3n) is 5.19. The first kappa shape index (κ1) is 14.6. The molecule has 1 aromatic heterocycles. The van der Waals surface area contributed by atoms with Crippen molar-refractivity contribution >= 4 is 29.1 Å². The van der Waals surface area contributed by atoms with E-state index in [-0.39, 0.29) is 18.2 Å². The molecular weight excluding hydrogens is 284 g/mol. The Bertz CT molecular complexity index is 639. The zero-order valence-corrected chi connectivity index (χ0v) is 12.9. The van der Waals surface area contributed by atoms with Crippen molar-refractivity contribution in [3.8, 4) is 0 Å². The Morgan fingerprint density at radius 3 is 2.62 bits per heavy atom. The normalized spacial score (nSPS) is 27.5. The van der Waals surface area contributed by atoms with Crippen LogP contribution in [0.4, 0.5) is 0 Å². The molecule has 2 unspecified atom stereocenters. The Morgan fingerprint density at radius 2 is 1.86 bits per heavy atom. The highest BCUT2D eigenvalue weighted by Gasteiger charge is 2.35. The number of Topliss-reactive ketones (excluding diaryl/α,β-unsaturated/α-hetero) is 1. The van der Waals surface area contributed by atoms with Crippen molar-refractivity contribution in [1.29, 1.82) is 0 Å². The summed E-state index contributed by atoms with van der Waals surface area (Å²) in [7, 11) is 0. The molecule has 1 aromatic carbocycles. The molecule has 0 spiro atoms. The van der Waals surface area contributed by atoms with Gasteiger partial charge in [-0.3, -0.25) is 9.89 Å². The topological polar surface area (TPSA) is 45.8 Å². The summed E-state index contributed by atoms with van der Waals surface area (Å²) in [4.78, 5) is 12.5. The number of para-hydroxylation sites is 1. The molecule has 0 saturated heterocycles. The number of hydrogen-bond donors (Lipinski definition) is 1. The summed E-state index contributed by atoms with van der Waals surface area (Å²) in [6, 6.07) is 7.89. The van der Waals surface area contributed by atoms with Gasteiger partial charge in [0.1, 0.15) is 5.69 Å². The van der Waals surface area contributed by atoms with Gasteiger partial charge in [0.15, 0.2) is 5.78 Å². The number of ketones is 1. The smallest absolute Gasteiger partial charge is 0.183 e. The van der Waals surface area contributed by atoms with Crippen LogP contribution in [0.5, 0.6) is 0 Å². The number of nitrogens with one attached hydrogen (secondary N) is 1. The molecule has 4 heteroatoms. The quantitative estimate of drug-likeness (QED) is 0.855. The van der Waals surface area contributed by atoms with Crippen molar-refractivity contribution < 1.29 is 4.79 Å². The lowest BCUT2D eigenvalue weighted by Crippen LogP contribution is -2.19. The van der Waals surface area contributed by atoms with E-state index in [1.165, 1.54) is 32.1 Å². The molecule has 2 saturated carbocycles. The molecule has 3 nitrogen and oxygen atoms in total. The second kappa shape index (κ2) is 5.80. The Balaban J connectivity index is 0.00000132. The number of fused-ring (bicyclic) bond motifs is 3. The SMILES string of the molecule is Cl.O=C(CC1CC2CCC(C2)C1)c1n[nH]c2ccccc12. The fourth-order valence-corrected chi connectivity index (χ4v) is 4.35. The minimum atomic E-state index is 0. The summed E-state index contributed by atoms with van der Waals surface area (Å²) < 4.78 is 0. The predicted octanol–water partition coefficient (Wildman–Crippen LogP) is 4.38. The number of carbonyl (C=O) groups excluding carboxylic acids is 1. The van der Waals surface area contributed by atoms with Crippen LogP contribution in [0.2, 0.25) is 0 Å². The maximum absolute atomic E-state index is 12.5. The van der Waals surface area contributed by atoms with E-state index in [4.69, 9.17) is 0 Å². The van der Waals surface area contributed by atoms with Crippen LogP contribution < -0.4 is 0 Å². The van der Waals surface area contributed by atoms with Gasteiger partial charge in [0, 0.05) is 11.8 Å². The van der Waals surface area contributed by atoms with Gasteiger partial charge < -0.3 is 0 Å². The Kier molecular flexibility index (Phi) is 4.03. The van der Waals surface area contributed by atoms with E-state index in [0.717, 1.165) is 22.7 Å². The van der Waals surface area contributed by atoms with Gasteiger partial charge in [-0.05, 0) is 43.1 Å². The van der Waals surface area contributed by atoms with Crippen molar-refractivity contribution in [3.63, 3.8) is 0 Å². The first-order chi connectivity index (χ1) is 9.79. The summed E-state index contributed by atoms with van der Waals surface area (Å²) in [5.41, 5.74) is 1.60. The molecule has 2 aliphatic carbocycles. The fraction of sp³-hybridized carbons (Fsp3) is 0.529. The molecule has 2 bridgehead atoms. The lowest BCUT2D eigenvalue weighted by Gasteiger charge is -2.26. The van der Waals surface area contributed by atoms with Crippen LogP contribution in [0, 0.1) is 17.8 Å². The van der Waals surface area contributed by atoms with Gasteiger partial charge in [-0.2, -0.15) is 5.10 Å². The van der Waals surface area contributed by atoms with Crippen LogP contribution in [0.15, 0.2) is 24.3 Å². The van der Waals surface area contributed by atoms with E-state index in [2.05, 4.69) is 10.2 Å². The first-order valence-electron chi connectivity index (χ1n) is 7.76. The molecule has 2 aliphatic rings. The van der Waals surface area contributed by atoms with Crippen molar-refractivity contribution in [2.75, 3.05) is 0 Å². The number of carbonyl (C=O) groups is 1. The monoisotopic (exact) mass is 304 g/mol. The Hall–Kier alpha value is -1.35. The molecule has 112 valence electrons. The highest BCUT2D eigenvalue weighted by molar-refractivity contribution is 6.05. The van der Waals surface area contributed by atoms with Gasteiger partial charge in [-0.25, -0.2) is 0 Å². The molecule has 2 aromatic rings. The predicted molar refractivity (Wildman–Crippen MR) is 85.8 cm³/mol. The average Bonchev–Trinajstić information content (AvgIpc) is 3.02. The van der Waals surface area contributed by atoms with E-state index >= 15 is 0 Å². The number of H-pyrrole nitrogens is 1. The summed E-state index contributed by atoms with van der Waals surface area (Å²) >= 11 is 0.